The van der Waals surface area contributed by atoms with Crippen LogP contribution < -0.4 is 0 Å². The molecular formula is C17H16ClN5O. The third kappa shape index (κ3) is 3.16. The standard InChI is InChI=1S/C17H16ClN5O/c18-13-5-3-12(4-6-13)11-23-9-1-2-15(23)17-22-21-16(24-17)14-10-19-7-8-20-14/h3-8,10,15H,1-2,9,11H2/t15-/m1/s1. The van der Waals surface area contributed by atoms with Gasteiger partial charge in [-0.1, -0.05) is 23.7 Å². The molecule has 24 heavy (non-hydrogen) atoms. The first kappa shape index (κ1) is 15.2. The molecule has 3 aromatic rings. The minimum absolute atomic E-state index is 0.138. The molecular weight excluding hydrogens is 326 g/mol. The second-order valence-electron chi connectivity index (χ2n) is 5.79. The number of aromatic nitrogens is 4. The molecule has 1 atom stereocenters. The minimum atomic E-state index is 0.138. The highest BCUT2D eigenvalue weighted by Gasteiger charge is 2.30. The van der Waals surface area contributed by atoms with Crippen molar-refractivity contribution in [2.45, 2.75) is 25.4 Å². The van der Waals surface area contributed by atoms with Crippen molar-refractivity contribution < 1.29 is 4.42 Å². The number of rotatable bonds is 4. The molecule has 0 unspecified atom stereocenters. The van der Waals surface area contributed by atoms with Crippen LogP contribution in [0.25, 0.3) is 11.6 Å². The first-order chi connectivity index (χ1) is 11.8. The summed E-state index contributed by atoms with van der Waals surface area (Å²) >= 11 is 5.96. The van der Waals surface area contributed by atoms with E-state index in [1.54, 1.807) is 18.6 Å². The molecule has 122 valence electrons. The molecule has 0 aliphatic carbocycles. The Morgan fingerprint density at radius 3 is 2.83 bits per heavy atom. The fourth-order valence-corrected chi connectivity index (χ4v) is 3.13. The maximum absolute atomic E-state index is 5.96. The number of hydrogen-bond donors (Lipinski definition) is 0. The van der Waals surface area contributed by atoms with Gasteiger partial charge in [-0.05, 0) is 37.1 Å². The van der Waals surface area contributed by atoms with Crippen molar-refractivity contribution in [2.24, 2.45) is 0 Å². The average molecular weight is 342 g/mol. The van der Waals surface area contributed by atoms with E-state index in [1.807, 2.05) is 12.1 Å². The van der Waals surface area contributed by atoms with Crippen LogP contribution >= 0.6 is 11.6 Å². The number of benzene rings is 1. The normalized spacial score (nSPS) is 18.1. The zero-order valence-corrected chi connectivity index (χ0v) is 13.7. The molecule has 0 amide bonds. The highest BCUT2D eigenvalue weighted by molar-refractivity contribution is 6.30. The lowest BCUT2D eigenvalue weighted by Gasteiger charge is -2.21. The van der Waals surface area contributed by atoms with E-state index in [4.69, 9.17) is 16.0 Å². The van der Waals surface area contributed by atoms with Crippen LogP contribution in [0.3, 0.4) is 0 Å². The quantitative estimate of drug-likeness (QED) is 0.723. The Balaban J connectivity index is 1.52. The number of likely N-dealkylation sites (tertiary alicyclic amines) is 1. The van der Waals surface area contributed by atoms with Crippen molar-refractivity contribution in [2.75, 3.05) is 6.54 Å². The van der Waals surface area contributed by atoms with Crippen LogP contribution in [-0.2, 0) is 6.54 Å². The molecule has 4 rings (SSSR count). The molecule has 0 saturated carbocycles. The predicted octanol–water partition coefficient (Wildman–Crippen LogP) is 3.52. The van der Waals surface area contributed by atoms with Crippen LogP contribution in [0, 0.1) is 0 Å². The van der Waals surface area contributed by atoms with E-state index >= 15 is 0 Å². The summed E-state index contributed by atoms with van der Waals surface area (Å²) in [5.74, 6) is 1.05. The molecule has 1 saturated heterocycles. The van der Waals surface area contributed by atoms with Gasteiger partial charge in [0.2, 0.25) is 5.89 Å². The van der Waals surface area contributed by atoms with Crippen molar-refractivity contribution in [3.63, 3.8) is 0 Å². The molecule has 6 nitrogen and oxygen atoms in total. The molecule has 1 fully saturated rings. The fourth-order valence-electron chi connectivity index (χ4n) is 3.00. The first-order valence-corrected chi connectivity index (χ1v) is 8.26. The lowest BCUT2D eigenvalue weighted by molar-refractivity contribution is 0.215. The molecule has 1 aliphatic heterocycles. The zero-order valence-electron chi connectivity index (χ0n) is 13.0. The summed E-state index contributed by atoms with van der Waals surface area (Å²) in [6.45, 7) is 1.85. The number of halogens is 1. The molecule has 2 aromatic heterocycles. The van der Waals surface area contributed by atoms with E-state index in [2.05, 4.69) is 37.2 Å². The minimum Gasteiger partial charge on any atom is -0.417 e. The van der Waals surface area contributed by atoms with Crippen LogP contribution in [0.1, 0.15) is 30.3 Å². The predicted molar refractivity (Wildman–Crippen MR) is 89.2 cm³/mol. The zero-order chi connectivity index (χ0) is 16.4. The molecule has 0 radical (unpaired) electrons. The molecule has 0 N–H and O–H groups in total. The van der Waals surface area contributed by atoms with Crippen molar-refractivity contribution >= 4 is 11.6 Å². The Bertz CT molecular complexity index is 805. The molecule has 3 heterocycles. The van der Waals surface area contributed by atoms with Gasteiger partial charge >= 0.3 is 0 Å². The second-order valence-corrected chi connectivity index (χ2v) is 6.23. The highest BCUT2D eigenvalue weighted by Crippen LogP contribution is 2.33. The van der Waals surface area contributed by atoms with Crippen molar-refractivity contribution in [3.8, 4) is 11.6 Å². The number of hydrogen-bond acceptors (Lipinski definition) is 6. The third-order valence-electron chi connectivity index (χ3n) is 4.17. The van der Waals surface area contributed by atoms with Crippen molar-refractivity contribution in [1.29, 1.82) is 0 Å². The summed E-state index contributed by atoms with van der Waals surface area (Å²) < 4.78 is 5.85. The van der Waals surface area contributed by atoms with Crippen LogP contribution in [0.2, 0.25) is 5.02 Å². The topological polar surface area (TPSA) is 67.9 Å². The van der Waals surface area contributed by atoms with Crippen LogP contribution in [0.15, 0.2) is 47.3 Å². The van der Waals surface area contributed by atoms with E-state index < -0.39 is 0 Å². The van der Waals surface area contributed by atoms with Gasteiger partial charge in [-0.25, -0.2) is 4.98 Å². The highest BCUT2D eigenvalue weighted by atomic mass is 35.5. The Morgan fingerprint density at radius 2 is 2.04 bits per heavy atom. The van der Waals surface area contributed by atoms with Crippen LogP contribution in [0.4, 0.5) is 0 Å². The summed E-state index contributed by atoms with van der Waals surface area (Å²) in [6.07, 6.45) is 6.97. The van der Waals surface area contributed by atoms with Gasteiger partial charge in [0.05, 0.1) is 12.2 Å². The SMILES string of the molecule is Clc1ccc(CN2CCC[C@@H]2c2nnc(-c3cnccn3)o2)cc1. The molecule has 0 spiro atoms. The maximum Gasteiger partial charge on any atom is 0.267 e. The van der Waals surface area contributed by atoms with Crippen LogP contribution in [0.5, 0.6) is 0 Å². The smallest absolute Gasteiger partial charge is 0.267 e. The molecule has 1 aromatic carbocycles. The average Bonchev–Trinajstić information content (AvgIpc) is 3.27. The van der Waals surface area contributed by atoms with Gasteiger partial charge in [-0.15, -0.1) is 10.2 Å². The summed E-state index contributed by atoms with van der Waals surface area (Å²) in [5.41, 5.74) is 1.82. The second kappa shape index (κ2) is 6.67. The van der Waals surface area contributed by atoms with Gasteiger partial charge in [-0.3, -0.25) is 9.88 Å². The first-order valence-electron chi connectivity index (χ1n) is 7.88. The van der Waals surface area contributed by atoms with Crippen LogP contribution in [-0.4, -0.2) is 31.6 Å². The summed E-state index contributed by atoms with van der Waals surface area (Å²) in [7, 11) is 0. The van der Waals surface area contributed by atoms with E-state index in [0.29, 0.717) is 17.5 Å². The molecule has 0 bridgehead atoms. The van der Waals surface area contributed by atoms with E-state index in [1.165, 1.54) is 5.56 Å². The van der Waals surface area contributed by atoms with Gasteiger partial charge in [0.1, 0.15) is 5.69 Å². The molecule has 7 heteroatoms. The van der Waals surface area contributed by atoms with E-state index in [9.17, 15) is 0 Å². The van der Waals surface area contributed by atoms with Crippen molar-refractivity contribution in [1.82, 2.24) is 25.1 Å². The Labute approximate surface area is 144 Å². The van der Waals surface area contributed by atoms with E-state index in [0.717, 1.165) is 31.0 Å². The lowest BCUT2D eigenvalue weighted by Crippen LogP contribution is -2.23. The van der Waals surface area contributed by atoms with Gasteiger partial charge in [0.25, 0.3) is 5.89 Å². The Morgan fingerprint density at radius 1 is 1.17 bits per heavy atom. The van der Waals surface area contributed by atoms with Gasteiger partial charge in [0, 0.05) is 24.0 Å². The summed E-state index contributed by atoms with van der Waals surface area (Å²) in [6, 6.07) is 8.08. The summed E-state index contributed by atoms with van der Waals surface area (Å²) in [4.78, 5) is 10.6. The Kier molecular flexibility index (Phi) is 4.23. The maximum atomic E-state index is 5.96. The monoisotopic (exact) mass is 341 g/mol. The van der Waals surface area contributed by atoms with Gasteiger partial charge in [-0.2, -0.15) is 0 Å². The third-order valence-corrected chi connectivity index (χ3v) is 4.42. The Hall–Kier alpha value is -2.31. The van der Waals surface area contributed by atoms with Crippen molar-refractivity contribution in [3.05, 3.63) is 59.3 Å². The fraction of sp³-hybridized carbons (Fsp3) is 0.294. The summed E-state index contributed by atoms with van der Waals surface area (Å²) in [5, 5.41) is 9.11. The lowest BCUT2D eigenvalue weighted by atomic mass is 10.2. The van der Waals surface area contributed by atoms with Gasteiger partial charge < -0.3 is 4.42 Å². The van der Waals surface area contributed by atoms with E-state index in [-0.39, 0.29) is 6.04 Å². The molecule has 1 aliphatic rings. The number of nitrogens with zero attached hydrogens (tertiary/aromatic N) is 5. The van der Waals surface area contributed by atoms with Gasteiger partial charge in [0.15, 0.2) is 0 Å². The largest absolute Gasteiger partial charge is 0.417 e.